The summed E-state index contributed by atoms with van der Waals surface area (Å²) in [4.78, 5) is 0. The Bertz CT molecular complexity index is 46.6. The zero-order valence-electron chi connectivity index (χ0n) is 9.33. The van der Waals surface area contributed by atoms with Gasteiger partial charge in [-0.3, -0.25) is 0 Å². The molecule has 0 atom stereocenters. The molecule has 0 heterocycles. The van der Waals surface area contributed by atoms with Crippen molar-refractivity contribution in [2.45, 2.75) is 60.8 Å². The van der Waals surface area contributed by atoms with E-state index in [1.807, 2.05) is 13.8 Å². The molecule has 74 valence electrons. The average Bonchev–Trinajstić information content (AvgIpc) is 2.46. The Hall–Kier alpha value is -0.0400. The van der Waals surface area contributed by atoms with Crippen molar-refractivity contribution in [3.63, 3.8) is 0 Å². The molecular weight excluding hydrogens is 134 g/mol. The topological polar surface area (TPSA) is 35.0 Å². The minimum Gasteiger partial charge on any atom is -0.344 e. The van der Waals surface area contributed by atoms with Gasteiger partial charge in [0.2, 0.25) is 0 Å². The normalized spacial score (nSPS) is 12.5. The summed E-state index contributed by atoms with van der Waals surface area (Å²) in [5.41, 5.74) is 0.500. The Kier molecular flexibility index (Phi) is 15.5. The maximum atomic E-state index is 2.19. The van der Waals surface area contributed by atoms with Gasteiger partial charge in [0.1, 0.15) is 0 Å². The van der Waals surface area contributed by atoms with Gasteiger partial charge in [0.05, 0.1) is 0 Å². The van der Waals surface area contributed by atoms with Crippen LogP contribution in [-0.2, 0) is 0 Å². The standard InChI is InChI=1S/C5H12.C3H6.C2H6.H3N.H2/c1-5(2,3)4;1-2-3-1;1-2;;/h1-4H3;1-3H2;1-2H3;1H3;1H. The minimum absolute atomic E-state index is 0. The van der Waals surface area contributed by atoms with Gasteiger partial charge in [0.25, 0.3) is 0 Å². The van der Waals surface area contributed by atoms with Gasteiger partial charge in [0, 0.05) is 1.43 Å². The van der Waals surface area contributed by atoms with E-state index in [0.717, 1.165) is 0 Å². The zero-order chi connectivity index (χ0) is 8.62. The maximum absolute atomic E-state index is 2.19. The third kappa shape index (κ3) is 685. The van der Waals surface area contributed by atoms with E-state index in [2.05, 4.69) is 27.7 Å². The van der Waals surface area contributed by atoms with E-state index in [1.54, 1.807) is 0 Å². The van der Waals surface area contributed by atoms with Crippen LogP contribution in [0.4, 0.5) is 0 Å². The summed E-state index contributed by atoms with van der Waals surface area (Å²) >= 11 is 0. The van der Waals surface area contributed by atoms with Crippen molar-refractivity contribution in [2.24, 2.45) is 5.41 Å². The second-order valence-electron chi connectivity index (χ2n) is 4.06. The van der Waals surface area contributed by atoms with E-state index in [4.69, 9.17) is 0 Å². The summed E-state index contributed by atoms with van der Waals surface area (Å²) in [6, 6.07) is 0. The Balaban J connectivity index is -0.0000000402. The summed E-state index contributed by atoms with van der Waals surface area (Å²) in [6.07, 6.45) is 4.50. The van der Waals surface area contributed by atoms with Crippen LogP contribution in [0.2, 0.25) is 0 Å². The molecule has 0 bridgehead atoms. The van der Waals surface area contributed by atoms with Crippen molar-refractivity contribution in [1.29, 1.82) is 0 Å². The second-order valence-corrected chi connectivity index (χ2v) is 4.06. The third-order valence-electron chi connectivity index (χ3n) is 0.354. The highest BCUT2D eigenvalue weighted by molar-refractivity contribution is 4.50. The average molecular weight is 163 g/mol. The van der Waals surface area contributed by atoms with Gasteiger partial charge < -0.3 is 6.15 Å². The van der Waals surface area contributed by atoms with E-state index >= 15 is 0 Å². The first kappa shape index (κ1) is 17.2. The largest absolute Gasteiger partial charge is 0.344 e. The molecule has 1 heteroatoms. The monoisotopic (exact) mass is 163 g/mol. The molecule has 0 aliphatic heterocycles. The molecule has 0 amide bonds. The SMILES string of the molecule is C1CC1.CC.CC(C)(C)C.N.[HH]. The molecule has 11 heavy (non-hydrogen) atoms. The predicted molar refractivity (Wildman–Crippen MR) is 57.5 cm³/mol. The van der Waals surface area contributed by atoms with Crippen molar-refractivity contribution in [2.75, 3.05) is 0 Å². The summed E-state index contributed by atoms with van der Waals surface area (Å²) < 4.78 is 0. The summed E-state index contributed by atoms with van der Waals surface area (Å²) in [5, 5.41) is 0. The molecular formula is C10H29N. The van der Waals surface area contributed by atoms with Gasteiger partial charge in [-0.2, -0.15) is 0 Å². The van der Waals surface area contributed by atoms with Crippen LogP contribution in [0.1, 0.15) is 62.2 Å². The molecule has 1 saturated carbocycles. The summed E-state index contributed by atoms with van der Waals surface area (Å²) in [6.45, 7) is 12.8. The first-order valence-corrected chi connectivity index (χ1v) is 4.50. The van der Waals surface area contributed by atoms with Crippen LogP contribution >= 0.6 is 0 Å². The number of rotatable bonds is 0. The van der Waals surface area contributed by atoms with E-state index in [-0.39, 0.29) is 7.58 Å². The predicted octanol–water partition coefficient (Wildman–Crippen LogP) is 4.66. The molecule has 0 radical (unpaired) electrons. The van der Waals surface area contributed by atoms with Crippen molar-refractivity contribution in [1.82, 2.24) is 6.15 Å². The Morgan fingerprint density at radius 3 is 0.909 bits per heavy atom. The summed E-state index contributed by atoms with van der Waals surface area (Å²) in [7, 11) is 0. The van der Waals surface area contributed by atoms with Crippen LogP contribution in [0, 0.1) is 5.41 Å². The lowest BCUT2D eigenvalue weighted by Gasteiger charge is -2.05. The maximum Gasteiger partial charge on any atom is 0 e. The number of hydrogen-bond donors (Lipinski definition) is 1. The van der Waals surface area contributed by atoms with Crippen molar-refractivity contribution < 1.29 is 1.43 Å². The van der Waals surface area contributed by atoms with E-state index < -0.39 is 0 Å². The van der Waals surface area contributed by atoms with E-state index in [9.17, 15) is 0 Å². The highest BCUT2D eigenvalue weighted by Crippen LogP contribution is 2.14. The van der Waals surface area contributed by atoms with Gasteiger partial charge in [-0.1, -0.05) is 60.8 Å². The lowest BCUT2D eigenvalue weighted by molar-refractivity contribution is 0.469. The molecule has 1 aliphatic carbocycles. The minimum atomic E-state index is 0. The lowest BCUT2D eigenvalue weighted by atomic mass is 10.0. The van der Waals surface area contributed by atoms with Crippen molar-refractivity contribution in [3.8, 4) is 0 Å². The van der Waals surface area contributed by atoms with Crippen molar-refractivity contribution >= 4 is 0 Å². The first-order chi connectivity index (χ1) is 4.50. The number of hydrogen-bond acceptors (Lipinski definition) is 1. The molecule has 0 spiro atoms. The molecule has 0 unspecified atom stereocenters. The van der Waals surface area contributed by atoms with Crippen LogP contribution in [0.3, 0.4) is 0 Å². The lowest BCUT2D eigenvalue weighted by Crippen LogP contribution is -1.93. The van der Waals surface area contributed by atoms with Gasteiger partial charge in [-0.25, -0.2) is 0 Å². The first-order valence-electron chi connectivity index (χ1n) is 4.50. The van der Waals surface area contributed by atoms with Crippen LogP contribution in [0.15, 0.2) is 0 Å². The van der Waals surface area contributed by atoms with Crippen LogP contribution in [-0.4, -0.2) is 0 Å². The van der Waals surface area contributed by atoms with Gasteiger partial charge in [-0.15, -0.1) is 0 Å². The van der Waals surface area contributed by atoms with Gasteiger partial charge in [0.15, 0.2) is 0 Å². The van der Waals surface area contributed by atoms with Crippen LogP contribution in [0.25, 0.3) is 0 Å². The smallest absolute Gasteiger partial charge is 0 e. The Morgan fingerprint density at radius 1 is 0.818 bits per heavy atom. The molecule has 1 aliphatic rings. The van der Waals surface area contributed by atoms with E-state index in [0.29, 0.717) is 5.41 Å². The zero-order valence-corrected chi connectivity index (χ0v) is 9.33. The molecule has 0 aromatic carbocycles. The fourth-order valence-electron chi connectivity index (χ4n) is 0. The fourth-order valence-corrected chi connectivity index (χ4v) is 0. The van der Waals surface area contributed by atoms with E-state index in [1.165, 1.54) is 19.3 Å². The Labute approximate surface area is 74.7 Å². The quantitative estimate of drug-likeness (QED) is 0.554. The van der Waals surface area contributed by atoms with Crippen molar-refractivity contribution in [3.05, 3.63) is 0 Å². The molecule has 0 aromatic heterocycles. The second kappa shape index (κ2) is 9.96. The van der Waals surface area contributed by atoms with Gasteiger partial charge >= 0.3 is 0 Å². The summed E-state index contributed by atoms with van der Waals surface area (Å²) in [5.74, 6) is 0. The molecule has 0 saturated heterocycles. The van der Waals surface area contributed by atoms with Crippen LogP contribution < -0.4 is 6.15 Å². The molecule has 1 rings (SSSR count). The van der Waals surface area contributed by atoms with Gasteiger partial charge in [-0.05, 0) is 5.41 Å². The molecule has 1 nitrogen and oxygen atoms in total. The molecule has 1 fully saturated rings. The third-order valence-corrected chi connectivity index (χ3v) is 0.354. The Morgan fingerprint density at radius 2 is 0.909 bits per heavy atom. The van der Waals surface area contributed by atoms with Crippen LogP contribution in [0.5, 0.6) is 0 Å². The molecule has 0 aromatic rings. The highest BCUT2D eigenvalue weighted by Gasteiger charge is 1.95. The highest BCUT2D eigenvalue weighted by atomic mass is 14.0. The molecule has 3 N–H and O–H groups in total. The fraction of sp³-hybridized carbons (Fsp3) is 1.00.